The predicted octanol–water partition coefficient (Wildman–Crippen LogP) is 3.31. The molecule has 1 aliphatic carbocycles. The standard InChI is InChI=1S/C11H18F2O2/c1-10(2)5-3-8(4-6-10)11(12,13)7-9(14)15/h8H,3-7H2,1-2H3,(H,14,15). The summed E-state index contributed by atoms with van der Waals surface area (Å²) >= 11 is 0. The predicted molar refractivity (Wildman–Crippen MR) is 52.9 cm³/mol. The Hall–Kier alpha value is -0.670. The van der Waals surface area contributed by atoms with Crippen LogP contribution in [0.2, 0.25) is 0 Å². The molecule has 0 spiro atoms. The summed E-state index contributed by atoms with van der Waals surface area (Å²) in [6.07, 6.45) is 1.36. The van der Waals surface area contributed by atoms with E-state index < -0.39 is 24.2 Å². The van der Waals surface area contributed by atoms with Crippen LogP contribution in [0.4, 0.5) is 8.78 Å². The molecule has 0 aromatic rings. The lowest BCUT2D eigenvalue weighted by molar-refractivity contribution is -0.151. The molecule has 1 fully saturated rings. The van der Waals surface area contributed by atoms with Gasteiger partial charge in [-0.1, -0.05) is 13.8 Å². The highest BCUT2D eigenvalue weighted by Crippen LogP contribution is 2.45. The maximum absolute atomic E-state index is 13.4. The summed E-state index contributed by atoms with van der Waals surface area (Å²) in [4.78, 5) is 10.3. The minimum Gasteiger partial charge on any atom is -0.481 e. The van der Waals surface area contributed by atoms with E-state index in [1.165, 1.54) is 0 Å². The van der Waals surface area contributed by atoms with Gasteiger partial charge in [-0.25, -0.2) is 8.78 Å². The molecule has 2 nitrogen and oxygen atoms in total. The molecule has 88 valence electrons. The third-order valence-corrected chi connectivity index (χ3v) is 3.32. The van der Waals surface area contributed by atoms with Gasteiger partial charge in [0, 0.05) is 5.92 Å². The number of hydrogen-bond donors (Lipinski definition) is 1. The number of rotatable bonds is 3. The minimum absolute atomic E-state index is 0.135. The molecule has 0 bridgehead atoms. The average Bonchev–Trinajstić information content (AvgIpc) is 2.00. The largest absolute Gasteiger partial charge is 0.481 e. The van der Waals surface area contributed by atoms with E-state index >= 15 is 0 Å². The highest BCUT2D eigenvalue weighted by Gasteiger charge is 2.44. The van der Waals surface area contributed by atoms with Crippen molar-refractivity contribution in [2.45, 2.75) is 51.9 Å². The molecule has 0 amide bonds. The molecule has 1 saturated carbocycles. The first kappa shape index (κ1) is 12.4. The summed E-state index contributed by atoms with van der Waals surface area (Å²) in [5.74, 6) is -5.20. The smallest absolute Gasteiger partial charge is 0.309 e. The second kappa shape index (κ2) is 4.06. The van der Waals surface area contributed by atoms with Crippen LogP contribution in [0.25, 0.3) is 0 Å². The topological polar surface area (TPSA) is 37.3 Å². The van der Waals surface area contributed by atoms with Crippen molar-refractivity contribution in [1.29, 1.82) is 0 Å². The zero-order chi connectivity index (χ0) is 11.7. The van der Waals surface area contributed by atoms with E-state index in [0.717, 1.165) is 12.8 Å². The Bertz CT molecular complexity index is 239. The van der Waals surface area contributed by atoms with E-state index in [1.807, 2.05) is 0 Å². The van der Waals surface area contributed by atoms with Crippen LogP contribution in [0.5, 0.6) is 0 Å². The second-order valence-corrected chi connectivity index (χ2v) is 5.27. The third kappa shape index (κ3) is 3.43. The number of carbonyl (C=O) groups is 1. The van der Waals surface area contributed by atoms with E-state index in [0.29, 0.717) is 12.8 Å². The Kier molecular flexibility index (Phi) is 3.36. The first-order valence-electron chi connectivity index (χ1n) is 5.33. The van der Waals surface area contributed by atoms with Crippen LogP contribution in [0, 0.1) is 11.3 Å². The van der Waals surface area contributed by atoms with Crippen molar-refractivity contribution in [3.8, 4) is 0 Å². The van der Waals surface area contributed by atoms with E-state index in [1.54, 1.807) is 0 Å². The van der Waals surface area contributed by atoms with Gasteiger partial charge in [0.2, 0.25) is 0 Å². The molecular formula is C11H18F2O2. The molecule has 0 radical (unpaired) electrons. The van der Waals surface area contributed by atoms with Crippen LogP contribution < -0.4 is 0 Å². The van der Waals surface area contributed by atoms with Gasteiger partial charge in [0.05, 0.1) is 0 Å². The molecule has 4 heteroatoms. The summed E-state index contributed by atoms with van der Waals surface area (Å²) in [5, 5.41) is 8.40. The monoisotopic (exact) mass is 220 g/mol. The number of alkyl halides is 2. The van der Waals surface area contributed by atoms with Gasteiger partial charge in [-0.3, -0.25) is 4.79 Å². The average molecular weight is 220 g/mol. The van der Waals surface area contributed by atoms with Gasteiger partial charge in [-0.15, -0.1) is 0 Å². The zero-order valence-electron chi connectivity index (χ0n) is 9.22. The van der Waals surface area contributed by atoms with E-state index in [9.17, 15) is 13.6 Å². The summed E-state index contributed by atoms with van der Waals surface area (Å²) < 4.78 is 26.9. The molecule has 15 heavy (non-hydrogen) atoms. The molecule has 0 saturated heterocycles. The fourth-order valence-corrected chi connectivity index (χ4v) is 2.17. The highest BCUT2D eigenvalue weighted by molar-refractivity contribution is 5.67. The first-order valence-corrected chi connectivity index (χ1v) is 5.33. The maximum atomic E-state index is 13.4. The molecule has 1 aliphatic rings. The summed E-state index contributed by atoms with van der Waals surface area (Å²) in [7, 11) is 0. The quantitative estimate of drug-likeness (QED) is 0.792. The van der Waals surface area contributed by atoms with E-state index in [4.69, 9.17) is 5.11 Å². The van der Waals surface area contributed by atoms with Crippen molar-refractivity contribution in [1.82, 2.24) is 0 Å². The van der Waals surface area contributed by atoms with Gasteiger partial charge >= 0.3 is 5.97 Å². The minimum atomic E-state index is -3.04. The second-order valence-electron chi connectivity index (χ2n) is 5.27. The number of aliphatic carboxylic acids is 1. The lowest BCUT2D eigenvalue weighted by Gasteiger charge is -2.37. The lowest BCUT2D eigenvalue weighted by atomic mass is 9.71. The number of carboxylic acid groups (broad SMARTS) is 1. The van der Waals surface area contributed by atoms with Crippen molar-refractivity contribution < 1.29 is 18.7 Å². The highest BCUT2D eigenvalue weighted by atomic mass is 19.3. The number of halogens is 2. The Balaban J connectivity index is 2.55. The molecule has 0 aliphatic heterocycles. The molecular weight excluding hydrogens is 202 g/mol. The Labute approximate surface area is 88.7 Å². The van der Waals surface area contributed by atoms with Crippen LogP contribution in [0.3, 0.4) is 0 Å². The molecule has 1 rings (SSSR count). The summed E-state index contributed by atoms with van der Waals surface area (Å²) in [6.45, 7) is 4.14. The normalized spacial score (nSPS) is 22.7. The fourth-order valence-electron chi connectivity index (χ4n) is 2.17. The Morgan fingerprint density at radius 2 is 1.87 bits per heavy atom. The van der Waals surface area contributed by atoms with Gasteiger partial charge in [0.1, 0.15) is 6.42 Å². The van der Waals surface area contributed by atoms with Crippen LogP contribution in [0.15, 0.2) is 0 Å². The van der Waals surface area contributed by atoms with Crippen molar-refractivity contribution in [3.05, 3.63) is 0 Å². The van der Waals surface area contributed by atoms with Crippen LogP contribution in [-0.4, -0.2) is 17.0 Å². The number of carboxylic acids is 1. The van der Waals surface area contributed by atoms with Crippen molar-refractivity contribution in [3.63, 3.8) is 0 Å². The SMILES string of the molecule is CC1(C)CCC(C(F)(F)CC(=O)O)CC1. The molecule has 0 aromatic heterocycles. The summed E-state index contributed by atoms with van der Waals surface area (Å²) in [6, 6.07) is 0. The van der Waals surface area contributed by atoms with Crippen LogP contribution in [-0.2, 0) is 4.79 Å². The van der Waals surface area contributed by atoms with Crippen molar-refractivity contribution in [2.24, 2.45) is 11.3 Å². The van der Waals surface area contributed by atoms with E-state index in [2.05, 4.69) is 13.8 Å². The molecule has 0 heterocycles. The molecule has 0 atom stereocenters. The third-order valence-electron chi connectivity index (χ3n) is 3.32. The first-order chi connectivity index (χ1) is 6.73. The maximum Gasteiger partial charge on any atom is 0.309 e. The molecule has 0 unspecified atom stereocenters. The van der Waals surface area contributed by atoms with Crippen LogP contribution >= 0.6 is 0 Å². The molecule has 1 N–H and O–H groups in total. The fraction of sp³-hybridized carbons (Fsp3) is 0.909. The molecule has 0 aromatic carbocycles. The summed E-state index contributed by atoms with van der Waals surface area (Å²) in [5.41, 5.74) is 0.135. The zero-order valence-corrected chi connectivity index (χ0v) is 9.22. The van der Waals surface area contributed by atoms with Gasteiger partial charge < -0.3 is 5.11 Å². The van der Waals surface area contributed by atoms with Gasteiger partial charge in [-0.05, 0) is 31.1 Å². The Morgan fingerprint density at radius 1 is 1.40 bits per heavy atom. The Morgan fingerprint density at radius 3 is 2.27 bits per heavy atom. The van der Waals surface area contributed by atoms with Crippen molar-refractivity contribution in [2.75, 3.05) is 0 Å². The van der Waals surface area contributed by atoms with Gasteiger partial charge in [0.25, 0.3) is 5.92 Å². The number of hydrogen-bond acceptors (Lipinski definition) is 1. The van der Waals surface area contributed by atoms with Crippen molar-refractivity contribution >= 4 is 5.97 Å². The van der Waals surface area contributed by atoms with Gasteiger partial charge in [-0.2, -0.15) is 0 Å². The van der Waals surface area contributed by atoms with Crippen LogP contribution in [0.1, 0.15) is 46.0 Å². The van der Waals surface area contributed by atoms with E-state index in [-0.39, 0.29) is 5.41 Å². The van der Waals surface area contributed by atoms with Gasteiger partial charge in [0.15, 0.2) is 0 Å². The lowest BCUT2D eigenvalue weighted by Crippen LogP contribution is -2.35.